The normalized spacial score (nSPS) is 17.5. The minimum Gasteiger partial charge on any atom is -0.273 e. The summed E-state index contributed by atoms with van der Waals surface area (Å²) in [4.78, 5) is 11.0. The summed E-state index contributed by atoms with van der Waals surface area (Å²) in [6.07, 6.45) is -2.10. The Hall–Kier alpha value is -1.00. The molecule has 12 heavy (non-hydrogen) atoms. The molecule has 0 bridgehead atoms. The van der Waals surface area contributed by atoms with E-state index in [1.807, 2.05) is 6.92 Å². The van der Waals surface area contributed by atoms with Crippen LogP contribution in [0, 0.1) is 0 Å². The number of hydrogen-bond donors (Lipinski definition) is 0. The molecule has 3 nitrogen and oxygen atoms in total. The van der Waals surface area contributed by atoms with Crippen molar-refractivity contribution in [2.24, 2.45) is 5.10 Å². The van der Waals surface area contributed by atoms with Crippen LogP contribution in [-0.4, -0.2) is 29.6 Å². The van der Waals surface area contributed by atoms with Crippen molar-refractivity contribution in [2.75, 3.05) is 6.54 Å². The molecule has 0 aromatic carbocycles. The van der Waals surface area contributed by atoms with Crippen LogP contribution in [0.3, 0.4) is 0 Å². The molecular weight excluding hydrogens is 166 g/mol. The fourth-order valence-corrected chi connectivity index (χ4v) is 1.000. The molecule has 0 unspecified atom stereocenters. The van der Waals surface area contributed by atoms with Crippen molar-refractivity contribution >= 4 is 11.6 Å². The predicted octanol–water partition coefficient (Wildman–Crippen LogP) is 1.25. The Bertz CT molecular complexity index is 215. The molecule has 0 spiro atoms. The first-order chi connectivity index (χ1) is 5.65. The quantitative estimate of drug-likeness (QED) is 0.637. The van der Waals surface area contributed by atoms with Crippen LogP contribution < -0.4 is 0 Å². The SMILES string of the molecule is CCCN1N=C(C(F)F)CC1=O. The standard InChI is InChI=1S/C7H10F2N2O/c1-2-3-11-6(12)4-5(10-11)7(8)9/h7H,2-4H2,1H3. The summed E-state index contributed by atoms with van der Waals surface area (Å²) in [5.41, 5.74) is -0.312. The van der Waals surface area contributed by atoms with Crippen LogP contribution in [0.5, 0.6) is 0 Å². The number of nitrogens with zero attached hydrogens (tertiary/aromatic N) is 2. The van der Waals surface area contributed by atoms with E-state index in [4.69, 9.17) is 0 Å². The van der Waals surface area contributed by atoms with Gasteiger partial charge in [-0.1, -0.05) is 6.92 Å². The van der Waals surface area contributed by atoms with Crippen LogP contribution in [0.15, 0.2) is 5.10 Å². The Morgan fingerprint density at radius 1 is 1.67 bits per heavy atom. The summed E-state index contributed by atoms with van der Waals surface area (Å²) in [6.45, 7) is 2.29. The predicted molar refractivity (Wildman–Crippen MR) is 40.1 cm³/mol. The van der Waals surface area contributed by atoms with Crippen LogP contribution in [0.25, 0.3) is 0 Å². The maximum absolute atomic E-state index is 12.0. The van der Waals surface area contributed by atoms with E-state index in [9.17, 15) is 13.6 Å². The van der Waals surface area contributed by atoms with E-state index in [1.54, 1.807) is 0 Å². The van der Waals surface area contributed by atoms with Crippen LogP contribution in [0.4, 0.5) is 8.78 Å². The second-order valence-electron chi connectivity index (χ2n) is 2.59. The van der Waals surface area contributed by atoms with E-state index in [1.165, 1.54) is 0 Å². The molecule has 0 saturated carbocycles. The Balaban J connectivity index is 2.60. The van der Waals surface area contributed by atoms with Gasteiger partial charge in [-0.2, -0.15) is 5.10 Å². The Morgan fingerprint density at radius 3 is 2.75 bits per heavy atom. The maximum Gasteiger partial charge on any atom is 0.278 e. The van der Waals surface area contributed by atoms with Crippen LogP contribution in [-0.2, 0) is 4.79 Å². The summed E-state index contributed by atoms with van der Waals surface area (Å²) in [5, 5.41) is 4.62. The summed E-state index contributed by atoms with van der Waals surface area (Å²) in [6, 6.07) is 0. The lowest BCUT2D eigenvalue weighted by atomic mass is 10.3. The Labute approximate surface area is 69.0 Å². The highest BCUT2D eigenvalue weighted by Gasteiger charge is 2.28. The van der Waals surface area contributed by atoms with Gasteiger partial charge in [-0.25, -0.2) is 13.8 Å². The second kappa shape index (κ2) is 3.60. The van der Waals surface area contributed by atoms with Gasteiger partial charge in [0, 0.05) is 6.54 Å². The van der Waals surface area contributed by atoms with E-state index in [0.29, 0.717) is 6.54 Å². The smallest absolute Gasteiger partial charge is 0.273 e. The molecule has 1 rings (SSSR count). The lowest BCUT2D eigenvalue weighted by Gasteiger charge is -2.08. The average molecular weight is 176 g/mol. The number of amides is 1. The molecule has 5 heteroatoms. The average Bonchev–Trinajstić information content (AvgIpc) is 2.34. The molecule has 1 aliphatic rings. The molecule has 0 N–H and O–H groups in total. The molecule has 0 aliphatic carbocycles. The van der Waals surface area contributed by atoms with Gasteiger partial charge in [-0.15, -0.1) is 0 Å². The number of hydrazone groups is 1. The lowest BCUT2D eigenvalue weighted by Crippen LogP contribution is -2.21. The van der Waals surface area contributed by atoms with Gasteiger partial charge in [0.25, 0.3) is 6.43 Å². The second-order valence-corrected chi connectivity index (χ2v) is 2.59. The number of carbonyl (C=O) groups excluding carboxylic acids is 1. The van der Waals surface area contributed by atoms with Crippen LogP contribution in [0.1, 0.15) is 19.8 Å². The molecule has 0 aromatic heterocycles. The summed E-state index contributed by atoms with van der Waals surface area (Å²) >= 11 is 0. The van der Waals surface area contributed by atoms with Gasteiger partial charge < -0.3 is 0 Å². The number of hydrogen-bond acceptors (Lipinski definition) is 2. The van der Waals surface area contributed by atoms with E-state index < -0.39 is 6.43 Å². The van der Waals surface area contributed by atoms with E-state index in [-0.39, 0.29) is 18.0 Å². The van der Waals surface area contributed by atoms with Gasteiger partial charge in [-0.05, 0) is 6.42 Å². The molecule has 1 aliphatic heterocycles. The first kappa shape index (κ1) is 9.09. The van der Waals surface area contributed by atoms with E-state index in [0.717, 1.165) is 11.4 Å². The van der Waals surface area contributed by atoms with Crippen molar-refractivity contribution in [3.05, 3.63) is 0 Å². The topological polar surface area (TPSA) is 32.7 Å². The third-order valence-electron chi connectivity index (χ3n) is 1.56. The number of carbonyl (C=O) groups is 1. The summed E-state index contributed by atoms with van der Waals surface area (Å²) < 4.78 is 24.0. The van der Waals surface area contributed by atoms with Gasteiger partial charge in [0.15, 0.2) is 0 Å². The van der Waals surface area contributed by atoms with Crippen molar-refractivity contribution in [3.8, 4) is 0 Å². The van der Waals surface area contributed by atoms with Crippen molar-refractivity contribution in [2.45, 2.75) is 26.2 Å². The van der Waals surface area contributed by atoms with Crippen LogP contribution in [0.2, 0.25) is 0 Å². The molecule has 1 heterocycles. The zero-order chi connectivity index (χ0) is 9.14. The van der Waals surface area contributed by atoms with Crippen LogP contribution >= 0.6 is 0 Å². The largest absolute Gasteiger partial charge is 0.278 e. The first-order valence-electron chi connectivity index (χ1n) is 3.81. The molecule has 0 atom stereocenters. The van der Waals surface area contributed by atoms with Crippen molar-refractivity contribution < 1.29 is 13.6 Å². The molecule has 0 saturated heterocycles. The number of alkyl halides is 2. The Kier molecular flexibility index (Phi) is 2.73. The van der Waals surface area contributed by atoms with Crippen molar-refractivity contribution in [1.29, 1.82) is 0 Å². The highest BCUT2D eigenvalue weighted by atomic mass is 19.3. The highest BCUT2D eigenvalue weighted by Crippen LogP contribution is 2.13. The fraction of sp³-hybridized carbons (Fsp3) is 0.714. The fourth-order valence-electron chi connectivity index (χ4n) is 1.000. The zero-order valence-electron chi connectivity index (χ0n) is 6.76. The van der Waals surface area contributed by atoms with Crippen molar-refractivity contribution in [1.82, 2.24) is 5.01 Å². The van der Waals surface area contributed by atoms with Crippen molar-refractivity contribution in [3.63, 3.8) is 0 Å². The number of halogens is 2. The van der Waals surface area contributed by atoms with Gasteiger partial charge in [0.05, 0.1) is 6.42 Å². The molecule has 1 amide bonds. The van der Waals surface area contributed by atoms with Gasteiger partial charge >= 0.3 is 0 Å². The maximum atomic E-state index is 12.0. The molecule has 0 radical (unpaired) electrons. The van der Waals surface area contributed by atoms with E-state index >= 15 is 0 Å². The molecule has 68 valence electrons. The summed E-state index contributed by atoms with van der Waals surface area (Å²) in [7, 11) is 0. The molecular formula is C7H10F2N2O. The third-order valence-corrected chi connectivity index (χ3v) is 1.56. The minimum absolute atomic E-state index is 0.225. The molecule has 0 fully saturated rings. The monoisotopic (exact) mass is 176 g/mol. The first-order valence-corrected chi connectivity index (χ1v) is 3.81. The Morgan fingerprint density at radius 2 is 2.33 bits per heavy atom. The number of rotatable bonds is 3. The van der Waals surface area contributed by atoms with Gasteiger partial charge in [0.2, 0.25) is 5.91 Å². The lowest BCUT2D eigenvalue weighted by molar-refractivity contribution is -0.128. The highest BCUT2D eigenvalue weighted by molar-refractivity contribution is 6.06. The van der Waals surface area contributed by atoms with Gasteiger partial charge in [-0.3, -0.25) is 4.79 Å². The summed E-state index contributed by atoms with van der Waals surface area (Å²) in [5.74, 6) is -0.327. The zero-order valence-corrected chi connectivity index (χ0v) is 6.76. The molecule has 0 aromatic rings. The van der Waals surface area contributed by atoms with E-state index in [2.05, 4.69) is 5.10 Å². The minimum atomic E-state index is -2.60. The van der Waals surface area contributed by atoms with Gasteiger partial charge in [0.1, 0.15) is 5.71 Å². The third kappa shape index (κ3) is 1.78.